The predicted molar refractivity (Wildman–Crippen MR) is 110 cm³/mol. The van der Waals surface area contributed by atoms with Gasteiger partial charge in [0.05, 0.1) is 10.6 Å². The van der Waals surface area contributed by atoms with Crippen molar-refractivity contribution >= 4 is 34.0 Å². The highest BCUT2D eigenvalue weighted by atomic mass is 32.1. The Balaban J connectivity index is 1.52. The molecule has 0 spiro atoms. The van der Waals surface area contributed by atoms with Crippen molar-refractivity contribution in [3.05, 3.63) is 69.8 Å². The van der Waals surface area contributed by atoms with Crippen LogP contribution in [-0.4, -0.2) is 34.5 Å². The molecule has 11 heteroatoms. The molecule has 0 saturated carbocycles. The normalized spacial score (nSPS) is 11.4. The van der Waals surface area contributed by atoms with Crippen molar-refractivity contribution in [2.45, 2.75) is 13.0 Å². The molecule has 0 fully saturated rings. The summed E-state index contributed by atoms with van der Waals surface area (Å²) in [6.07, 6.45) is -1.12. The summed E-state index contributed by atoms with van der Waals surface area (Å²) < 4.78 is 23.0. The van der Waals surface area contributed by atoms with Gasteiger partial charge in [0, 0.05) is 23.1 Å². The van der Waals surface area contributed by atoms with E-state index in [0.29, 0.717) is 11.3 Å². The Morgan fingerprint density at radius 1 is 1.26 bits per heavy atom. The smallest absolute Gasteiger partial charge is 0.344 e. The maximum Gasteiger partial charge on any atom is 0.344 e. The summed E-state index contributed by atoms with van der Waals surface area (Å²) >= 11 is 1.12. The van der Waals surface area contributed by atoms with Crippen LogP contribution in [0.5, 0.6) is 5.75 Å². The summed E-state index contributed by atoms with van der Waals surface area (Å²) in [5.41, 5.74) is 0.921. The Morgan fingerprint density at radius 3 is 2.71 bits per heavy atom. The fourth-order valence-corrected chi connectivity index (χ4v) is 3.13. The molecule has 0 saturated heterocycles. The lowest BCUT2D eigenvalue weighted by Gasteiger charge is -2.12. The third-order valence-corrected chi connectivity index (χ3v) is 4.69. The van der Waals surface area contributed by atoms with E-state index in [1.54, 1.807) is 17.5 Å². The molecule has 0 bridgehead atoms. The van der Waals surface area contributed by atoms with Crippen LogP contribution in [0, 0.1) is 15.9 Å². The van der Waals surface area contributed by atoms with E-state index in [4.69, 9.17) is 9.47 Å². The molecule has 160 valence electrons. The maximum atomic E-state index is 12.9. The second kappa shape index (κ2) is 9.76. The molecule has 0 aliphatic heterocycles. The van der Waals surface area contributed by atoms with Crippen LogP contribution in [0.3, 0.4) is 0 Å². The van der Waals surface area contributed by atoms with Crippen LogP contribution in [0.25, 0.3) is 11.3 Å². The Hall–Kier alpha value is -3.86. The maximum absolute atomic E-state index is 12.9. The number of halogens is 1. The zero-order valence-corrected chi connectivity index (χ0v) is 16.9. The van der Waals surface area contributed by atoms with E-state index < -0.39 is 35.3 Å². The topological polar surface area (TPSA) is 121 Å². The molecule has 1 N–H and O–H groups in total. The van der Waals surface area contributed by atoms with Crippen LogP contribution in [0.15, 0.2) is 53.9 Å². The highest BCUT2D eigenvalue weighted by molar-refractivity contribution is 7.14. The molecule has 31 heavy (non-hydrogen) atoms. The molecular weight excluding hydrogens is 429 g/mol. The molecule has 1 heterocycles. The quantitative estimate of drug-likeness (QED) is 0.318. The van der Waals surface area contributed by atoms with Crippen LogP contribution in [-0.2, 0) is 14.3 Å². The van der Waals surface area contributed by atoms with Crippen molar-refractivity contribution in [1.29, 1.82) is 0 Å². The molecule has 0 aliphatic rings. The Labute approximate surface area is 179 Å². The first-order valence-electron chi connectivity index (χ1n) is 8.91. The van der Waals surface area contributed by atoms with E-state index in [9.17, 15) is 24.1 Å². The van der Waals surface area contributed by atoms with Gasteiger partial charge in [0.1, 0.15) is 11.6 Å². The lowest BCUT2D eigenvalue weighted by atomic mass is 10.1. The van der Waals surface area contributed by atoms with Crippen LogP contribution in [0.2, 0.25) is 0 Å². The van der Waals surface area contributed by atoms with E-state index in [-0.39, 0.29) is 16.6 Å². The number of hydrogen-bond acceptors (Lipinski definition) is 8. The molecule has 1 aromatic heterocycles. The number of nitro benzene ring substituents is 1. The molecule has 1 unspecified atom stereocenters. The number of rotatable bonds is 8. The Kier molecular flexibility index (Phi) is 6.88. The molecule has 3 aromatic rings. The van der Waals surface area contributed by atoms with Gasteiger partial charge in [-0.1, -0.05) is 12.1 Å². The summed E-state index contributed by atoms with van der Waals surface area (Å²) in [6, 6.07) is 11.1. The van der Waals surface area contributed by atoms with Gasteiger partial charge in [-0.15, -0.1) is 11.3 Å². The predicted octanol–water partition coefficient (Wildman–Crippen LogP) is 3.81. The zero-order chi connectivity index (χ0) is 22.4. The standard InChI is InChI=1S/C20H16FN3O6S/c1-12(30-18(25)10-29-16-7-5-14(21)6-8-16)19(26)23-20-22-17(11-31-20)13-3-2-4-15(9-13)24(27)28/h2-9,11-12H,10H2,1H3,(H,22,23,26). The van der Waals surface area contributed by atoms with Gasteiger partial charge >= 0.3 is 5.97 Å². The number of anilines is 1. The summed E-state index contributed by atoms with van der Waals surface area (Å²) in [5, 5.41) is 15.3. The number of nitro groups is 1. The number of ether oxygens (including phenoxy) is 2. The van der Waals surface area contributed by atoms with E-state index in [2.05, 4.69) is 10.3 Å². The van der Waals surface area contributed by atoms with Crippen molar-refractivity contribution in [2.24, 2.45) is 0 Å². The number of amides is 1. The van der Waals surface area contributed by atoms with Gasteiger partial charge in [0.25, 0.3) is 11.6 Å². The third-order valence-electron chi connectivity index (χ3n) is 3.93. The zero-order valence-electron chi connectivity index (χ0n) is 16.1. The molecule has 9 nitrogen and oxygen atoms in total. The Bertz CT molecular complexity index is 1100. The summed E-state index contributed by atoms with van der Waals surface area (Å²) in [4.78, 5) is 38.7. The van der Waals surface area contributed by atoms with Gasteiger partial charge in [0.15, 0.2) is 17.8 Å². The van der Waals surface area contributed by atoms with E-state index in [1.807, 2.05) is 0 Å². The van der Waals surface area contributed by atoms with Crippen LogP contribution >= 0.6 is 11.3 Å². The first-order chi connectivity index (χ1) is 14.8. The van der Waals surface area contributed by atoms with Gasteiger partial charge in [-0.25, -0.2) is 14.2 Å². The first-order valence-corrected chi connectivity index (χ1v) is 9.79. The number of thiazole rings is 1. The molecule has 3 rings (SSSR count). The summed E-state index contributed by atoms with van der Waals surface area (Å²) in [5.74, 6) is -1.53. The number of carbonyl (C=O) groups excluding carboxylic acids is 2. The number of nitrogens with one attached hydrogen (secondary N) is 1. The van der Waals surface area contributed by atoms with Crippen molar-refractivity contribution in [3.8, 4) is 17.0 Å². The second-order valence-corrected chi connectivity index (χ2v) is 7.07. The minimum Gasteiger partial charge on any atom is -0.482 e. The van der Waals surface area contributed by atoms with Crippen molar-refractivity contribution < 1.29 is 28.4 Å². The summed E-state index contributed by atoms with van der Waals surface area (Å²) in [6.45, 7) is 0.942. The number of esters is 1. The number of carbonyl (C=O) groups is 2. The van der Waals surface area contributed by atoms with Crippen molar-refractivity contribution in [1.82, 2.24) is 4.98 Å². The fourth-order valence-electron chi connectivity index (χ4n) is 2.41. The highest BCUT2D eigenvalue weighted by Gasteiger charge is 2.20. The van der Waals surface area contributed by atoms with Gasteiger partial charge < -0.3 is 9.47 Å². The van der Waals surface area contributed by atoms with Crippen LogP contribution < -0.4 is 10.1 Å². The average Bonchev–Trinajstić information content (AvgIpc) is 3.22. The number of benzene rings is 2. The molecule has 2 aromatic carbocycles. The molecular formula is C20H16FN3O6S. The fraction of sp³-hybridized carbons (Fsp3) is 0.150. The van der Waals surface area contributed by atoms with Gasteiger partial charge in [-0.2, -0.15) is 0 Å². The van der Waals surface area contributed by atoms with Crippen LogP contribution in [0.4, 0.5) is 15.2 Å². The number of non-ortho nitro benzene ring substituents is 1. The Morgan fingerprint density at radius 2 is 2.00 bits per heavy atom. The van der Waals surface area contributed by atoms with E-state index in [0.717, 1.165) is 11.3 Å². The second-order valence-electron chi connectivity index (χ2n) is 6.21. The number of nitrogens with zero attached hydrogens (tertiary/aromatic N) is 2. The SMILES string of the molecule is CC(OC(=O)COc1ccc(F)cc1)C(=O)Nc1nc(-c2cccc([N+](=O)[O-])c2)cs1. The number of hydrogen-bond donors (Lipinski definition) is 1. The van der Waals surface area contributed by atoms with E-state index >= 15 is 0 Å². The van der Waals surface area contributed by atoms with Gasteiger partial charge in [-0.05, 0) is 31.2 Å². The first kappa shape index (κ1) is 21.8. The minimum atomic E-state index is -1.12. The highest BCUT2D eigenvalue weighted by Crippen LogP contribution is 2.27. The third kappa shape index (κ3) is 6.06. The minimum absolute atomic E-state index is 0.0699. The molecule has 0 aliphatic carbocycles. The lowest BCUT2D eigenvalue weighted by molar-refractivity contribution is -0.384. The lowest BCUT2D eigenvalue weighted by Crippen LogP contribution is -2.31. The monoisotopic (exact) mass is 445 g/mol. The van der Waals surface area contributed by atoms with Gasteiger partial charge in [0.2, 0.25) is 0 Å². The van der Waals surface area contributed by atoms with Gasteiger partial charge in [-0.3, -0.25) is 20.2 Å². The molecule has 0 radical (unpaired) electrons. The van der Waals surface area contributed by atoms with Crippen LogP contribution in [0.1, 0.15) is 6.92 Å². The van der Waals surface area contributed by atoms with Crippen molar-refractivity contribution in [3.63, 3.8) is 0 Å². The molecule has 1 atom stereocenters. The molecule has 1 amide bonds. The summed E-state index contributed by atoms with van der Waals surface area (Å²) in [7, 11) is 0. The number of aromatic nitrogens is 1. The van der Waals surface area contributed by atoms with E-state index in [1.165, 1.54) is 43.3 Å². The van der Waals surface area contributed by atoms with Crippen molar-refractivity contribution in [2.75, 3.05) is 11.9 Å². The largest absolute Gasteiger partial charge is 0.482 e. The average molecular weight is 445 g/mol.